The van der Waals surface area contributed by atoms with Crippen molar-refractivity contribution in [1.82, 2.24) is 36.8 Å². The summed E-state index contributed by atoms with van der Waals surface area (Å²) in [6.07, 6.45) is 2.48. The molecule has 0 aromatic rings. The van der Waals surface area contributed by atoms with E-state index in [0.717, 1.165) is 37.1 Å². The summed E-state index contributed by atoms with van der Waals surface area (Å²) in [5.74, 6) is 0.953. The smallest absolute Gasteiger partial charge is 0.259 e. The van der Waals surface area contributed by atoms with Crippen LogP contribution in [0, 0.1) is 0 Å². The first-order valence-electron chi connectivity index (χ1n) is 7.76. The third-order valence-electron chi connectivity index (χ3n) is 4.12. The van der Waals surface area contributed by atoms with Gasteiger partial charge < -0.3 is 15.5 Å². The van der Waals surface area contributed by atoms with Crippen LogP contribution in [0.3, 0.4) is 0 Å². The largest absolute Gasteiger partial charge is 0.358 e. The summed E-state index contributed by atoms with van der Waals surface area (Å²) in [6.45, 7) is 3.95. The zero-order valence-electron chi connectivity index (χ0n) is 12.8. The van der Waals surface area contributed by atoms with Crippen LogP contribution in [-0.4, -0.2) is 75.0 Å². The van der Waals surface area contributed by atoms with E-state index in [1.54, 1.807) is 11.8 Å². The van der Waals surface area contributed by atoms with Gasteiger partial charge in [0.05, 0.1) is 23.3 Å². The van der Waals surface area contributed by atoms with Crippen molar-refractivity contribution in [2.75, 3.05) is 45.8 Å². The van der Waals surface area contributed by atoms with Gasteiger partial charge in [0.2, 0.25) is 0 Å². The van der Waals surface area contributed by atoms with Gasteiger partial charge in [0.25, 0.3) is 5.91 Å². The molecule has 0 aromatic heterocycles. The lowest BCUT2D eigenvalue weighted by atomic mass is 10.1. The first-order chi connectivity index (χ1) is 10.8. The van der Waals surface area contributed by atoms with Gasteiger partial charge in [-0.25, -0.2) is 0 Å². The molecule has 22 heavy (non-hydrogen) atoms. The van der Waals surface area contributed by atoms with Gasteiger partial charge in [0.15, 0.2) is 0 Å². The topological polar surface area (TPSA) is 92.5 Å². The number of nitrogens with one attached hydrogen (secondary N) is 6. The number of hydrogen-bond donors (Lipinski definition) is 6. The van der Waals surface area contributed by atoms with Gasteiger partial charge in [-0.2, -0.15) is 0 Å². The maximum absolute atomic E-state index is 12.2. The highest BCUT2D eigenvalue weighted by atomic mass is 32.2. The van der Waals surface area contributed by atoms with Crippen LogP contribution in [0.2, 0.25) is 0 Å². The highest BCUT2D eigenvalue weighted by Crippen LogP contribution is 2.24. The summed E-state index contributed by atoms with van der Waals surface area (Å²) >= 11 is 1.63. The van der Waals surface area contributed by atoms with E-state index in [4.69, 9.17) is 0 Å². The minimum Gasteiger partial charge on any atom is -0.358 e. The predicted octanol–water partition coefficient (Wildman–Crippen LogP) is -2.47. The van der Waals surface area contributed by atoms with Crippen LogP contribution in [0.4, 0.5) is 0 Å². The lowest BCUT2D eigenvalue weighted by Crippen LogP contribution is -2.68. The third kappa shape index (κ3) is 3.55. The molecule has 0 saturated carbocycles. The van der Waals surface area contributed by atoms with E-state index in [2.05, 4.69) is 36.8 Å². The Bertz CT molecular complexity index is 433. The number of thioether (sulfide) groups is 1. The summed E-state index contributed by atoms with van der Waals surface area (Å²) in [5, 5.41) is 19.7. The molecule has 0 aromatic carbocycles. The molecule has 3 aliphatic heterocycles. The second-order valence-electron chi connectivity index (χ2n) is 5.56. The third-order valence-corrected chi connectivity index (χ3v) is 5.11. The summed E-state index contributed by atoms with van der Waals surface area (Å²) in [5.41, 5.74) is 0. The fourth-order valence-corrected chi connectivity index (χ4v) is 3.93. The Morgan fingerprint density at radius 2 is 2.14 bits per heavy atom. The number of nitrogens with zero attached hydrogens (tertiary/aromatic N) is 1. The zero-order valence-corrected chi connectivity index (χ0v) is 13.6. The first-order valence-corrected chi connectivity index (χ1v) is 8.75. The molecular weight excluding hydrogens is 302 g/mol. The van der Waals surface area contributed by atoms with E-state index in [1.165, 1.54) is 0 Å². The van der Waals surface area contributed by atoms with Gasteiger partial charge in [-0.05, 0) is 7.05 Å². The van der Waals surface area contributed by atoms with Gasteiger partial charge in [-0.15, -0.1) is 11.8 Å². The highest BCUT2D eigenvalue weighted by molar-refractivity contribution is 8.04. The van der Waals surface area contributed by atoms with Gasteiger partial charge in [0, 0.05) is 44.9 Å². The fraction of sp³-hybridized carbons (Fsp3) is 0.769. The normalized spacial score (nSPS) is 31.6. The number of carbonyl (C=O) groups excluding carboxylic acids is 1. The Morgan fingerprint density at radius 1 is 1.32 bits per heavy atom. The summed E-state index contributed by atoms with van der Waals surface area (Å²) in [6, 6.07) is 0.293. The molecule has 0 aliphatic carbocycles. The van der Waals surface area contributed by atoms with Crippen LogP contribution >= 0.6 is 11.8 Å². The SMILES string of the molecule is CNCCNC(=O)C1=CN(C2NCNC3NCNC32)CCS1. The number of rotatable bonds is 5. The molecule has 8 nitrogen and oxygen atoms in total. The standard InChI is InChI=1S/C13H25N7OS/c1-14-2-3-15-13(21)9-6-20(4-5-22-9)12-10-11(17-7-16-10)18-8-19-12/h6,10-12,14,16-19H,2-5,7-8H2,1H3,(H,15,21). The summed E-state index contributed by atoms with van der Waals surface area (Å²) < 4.78 is 0. The minimum absolute atomic E-state index is 0.0212. The fourth-order valence-electron chi connectivity index (χ4n) is 2.99. The van der Waals surface area contributed by atoms with Crippen molar-refractivity contribution in [3.8, 4) is 0 Å². The van der Waals surface area contributed by atoms with Crippen molar-refractivity contribution >= 4 is 17.7 Å². The molecule has 0 bridgehead atoms. The number of likely N-dealkylation sites (N-methyl/N-ethyl adjacent to an activating group) is 1. The van der Waals surface area contributed by atoms with Crippen LogP contribution in [0.1, 0.15) is 0 Å². The van der Waals surface area contributed by atoms with Gasteiger partial charge in [-0.3, -0.25) is 26.1 Å². The van der Waals surface area contributed by atoms with Gasteiger partial charge in [-0.1, -0.05) is 0 Å². The molecule has 1 amide bonds. The molecule has 6 N–H and O–H groups in total. The number of amides is 1. The molecule has 3 heterocycles. The molecule has 2 saturated heterocycles. The summed E-state index contributed by atoms with van der Waals surface area (Å²) in [7, 11) is 1.88. The van der Waals surface area contributed by atoms with E-state index < -0.39 is 0 Å². The Kier molecular flexibility index (Phi) is 5.55. The lowest BCUT2D eigenvalue weighted by molar-refractivity contribution is -0.116. The molecule has 3 rings (SSSR count). The molecule has 9 heteroatoms. The second kappa shape index (κ2) is 7.62. The van der Waals surface area contributed by atoms with E-state index in [-0.39, 0.29) is 18.2 Å². The number of carbonyl (C=O) groups is 1. The Labute approximate surface area is 135 Å². The Hall–Kier alpha value is -0.840. The number of hydrogen-bond acceptors (Lipinski definition) is 8. The van der Waals surface area contributed by atoms with Crippen LogP contribution in [0.5, 0.6) is 0 Å². The maximum Gasteiger partial charge on any atom is 0.259 e. The van der Waals surface area contributed by atoms with E-state index in [0.29, 0.717) is 12.6 Å². The molecule has 3 aliphatic rings. The summed E-state index contributed by atoms with van der Waals surface area (Å²) in [4.78, 5) is 15.3. The van der Waals surface area contributed by atoms with Crippen molar-refractivity contribution in [2.24, 2.45) is 0 Å². The van der Waals surface area contributed by atoms with Crippen molar-refractivity contribution in [1.29, 1.82) is 0 Å². The molecule has 2 fully saturated rings. The highest BCUT2D eigenvalue weighted by Gasteiger charge is 2.39. The predicted molar refractivity (Wildman–Crippen MR) is 87.8 cm³/mol. The van der Waals surface area contributed by atoms with Crippen molar-refractivity contribution in [3.63, 3.8) is 0 Å². The molecule has 0 spiro atoms. The van der Waals surface area contributed by atoms with Gasteiger partial charge >= 0.3 is 0 Å². The minimum atomic E-state index is 0.0212. The quantitative estimate of drug-likeness (QED) is 0.310. The van der Waals surface area contributed by atoms with Crippen LogP contribution in [-0.2, 0) is 4.79 Å². The average Bonchev–Trinajstić information content (AvgIpc) is 3.03. The molecule has 3 unspecified atom stereocenters. The first kappa shape index (κ1) is 16.0. The van der Waals surface area contributed by atoms with Gasteiger partial charge in [0.1, 0.15) is 0 Å². The maximum atomic E-state index is 12.2. The van der Waals surface area contributed by atoms with E-state index >= 15 is 0 Å². The zero-order chi connectivity index (χ0) is 15.4. The molecule has 0 radical (unpaired) electrons. The molecular formula is C13H25N7OS. The lowest BCUT2D eigenvalue weighted by Gasteiger charge is -2.42. The monoisotopic (exact) mass is 327 g/mol. The van der Waals surface area contributed by atoms with E-state index in [9.17, 15) is 4.79 Å². The number of fused-ring (bicyclic) bond motifs is 1. The van der Waals surface area contributed by atoms with E-state index in [1.807, 2.05) is 13.2 Å². The Balaban J connectivity index is 1.63. The Morgan fingerprint density at radius 3 is 2.95 bits per heavy atom. The molecule has 3 atom stereocenters. The second-order valence-corrected chi connectivity index (χ2v) is 6.69. The van der Waals surface area contributed by atoms with Crippen LogP contribution < -0.4 is 31.9 Å². The van der Waals surface area contributed by atoms with Crippen molar-refractivity contribution in [2.45, 2.75) is 18.4 Å². The van der Waals surface area contributed by atoms with Crippen molar-refractivity contribution < 1.29 is 4.79 Å². The average molecular weight is 327 g/mol. The van der Waals surface area contributed by atoms with Crippen molar-refractivity contribution in [3.05, 3.63) is 11.1 Å². The molecule has 124 valence electrons. The van der Waals surface area contributed by atoms with Crippen LogP contribution in [0.15, 0.2) is 11.1 Å². The van der Waals surface area contributed by atoms with Crippen LogP contribution in [0.25, 0.3) is 0 Å².